The number of ether oxygens (including phenoxy) is 2. The number of carboxylic acids is 1. The second kappa shape index (κ2) is 7.14. The van der Waals surface area contributed by atoms with Gasteiger partial charge >= 0.3 is 5.97 Å². The van der Waals surface area contributed by atoms with Crippen LogP contribution in [0.3, 0.4) is 0 Å². The van der Waals surface area contributed by atoms with Crippen molar-refractivity contribution in [1.82, 2.24) is 4.90 Å². The Morgan fingerprint density at radius 2 is 2.04 bits per heavy atom. The zero-order chi connectivity index (χ0) is 18.0. The van der Waals surface area contributed by atoms with E-state index in [9.17, 15) is 14.7 Å². The fourth-order valence-corrected chi connectivity index (χ4v) is 3.17. The van der Waals surface area contributed by atoms with Crippen LogP contribution in [0.1, 0.15) is 29.0 Å². The third kappa shape index (κ3) is 3.46. The molecule has 1 aromatic heterocycles. The third-order valence-corrected chi connectivity index (χ3v) is 4.54. The van der Waals surface area contributed by atoms with Crippen LogP contribution in [-0.2, 0) is 9.53 Å². The monoisotopic (exact) mass is 347 g/mol. The van der Waals surface area contributed by atoms with E-state index in [4.69, 9.17) is 13.9 Å². The topological polar surface area (TPSA) is 89.2 Å². The maximum Gasteiger partial charge on any atom is 0.323 e. The van der Waals surface area contributed by atoms with Crippen LogP contribution in [0.4, 0.5) is 0 Å². The third-order valence-electron chi connectivity index (χ3n) is 4.54. The van der Waals surface area contributed by atoms with Crippen LogP contribution in [-0.4, -0.2) is 54.8 Å². The minimum Gasteiger partial charge on any atom is -0.497 e. The van der Waals surface area contributed by atoms with Gasteiger partial charge in [0.25, 0.3) is 5.91 Å². The lowest BCUT2D eigenvalue weighted by Gasteiger charge is -2.32. The van der Waals surface area contributed by atoms with Gasteiger partial charge in [-0.2, -0.15) is 0 Å². The molecule has 7 heteroatoms. The van der Waals surface area contributed by atoms with Crippen LogP contribution in [0, 0.1) is 6.92 Å². The van der Waals surface area contributed by atoms with Crippen molar-refractivity contribution in [3.05, 3.63) is 29.5 Å². The quantitative estimate of drug-likeness (QED) is 0.894. The Bertz CT molecular complexity index is 790. The molecule has 0 bridgehead atoms. The van der Waals surface area contributed by atoms with E-state index in [1.165, 1.54) is 4.90 Å². The van der Waals surface area contributed by atoms with Gasteiger partial charge in [0.15, 0.2) is 5.76 Å². The van der Waals surface area contributed by atoms with Crippen LogP contribution in [0.5, 0.6) is 5.75 Å². The summed E-state index contributed by atoms with van der Waals surface area (Å²) in [6, 6.07) is 5.14. The molecule has 7 nitrogen and oxygen atoms in total. The van der Waals surface area contributed by atoms with Gasteiger partial charge in [-0.1, -0.05) is 0 Å². The van der Waals surface area contributed by atoms with Crippen molar-refractivity contribution in [1.29, 1.82) is 0 Å². The molecule has 1 fully saturated rings. The number of nitrogens with zero attached hydrogens (tertiary/aromatic N) is 1. The normalized spacial score (nSPS) is 15.3. The number of furan rings is 1. The molecule has 2 heterocycles. The van der Waals surface area contributed by atoms with E-state index in [1.807, 2.05) is 0 Å². The summed E-state index contributed by atoms with van der Waals surface area (Å²) in [4.78, 5) is 25.7. The van der Waals surface area contributed by atoms with Crippen LogP contribution in [0.2, 0.25) is 0 Å². The molecule has 0 saturated carbocycles. The minimum atomic E-state index is -1.05. The summed E-state index contributed by atoms with van der Waals surface area (Å²) in [5, 5.41) is 10.00. The number of carboxylic acid groups (broad SMARTS) is 1. The highest BCUT2D eigenvalue weighted by molar-refractivity contribution is 6.00. The highest BCUT2D eigenvalue weighted by Gasteiger charge is 2.31. The fourth-order valence-electron chi connectivity index (χ4n) is 3.17. The lowest BCUT2D eigenvalue weighted by Crippen LogP contribution is -2.46. The Morgan fingerprint density at radius 3 is 2.68 bits per heavy atom. The van der Waals surface area contributed by atoms with Crippen LogP contribution >= 0.6 is 0 Å². The van der Waals surface area contributed by atoms with E-state index in [0.717, 1.165) is 5.39 Å². The summed E-state index contributed by atoms with van der Waals surface area (Å²) in [6.07, 6.45) is 1.23. The molecular weight excluding hydrogens is 326 g/mol. The molecule has 1 aromatic carbocycles. The van der Waals surface area contributed by atoms with Crippen LogP contribution in [0.15, 0.2) is 22.6 Å². The summed E-state index contributed by atoms with van der Waals surface area (Å²) in [6.45, 7) is 2.47. The number of amides is 1. The number of carbonyl (C=O) groups is 2. The molecule has 0 spiro atoms. The van der Waals surface area contributed by atoms with E-state index in [-0.39, 0.29) is 18.3 Å². The number of aliphatic carboxylic acids is 1. The van der Waals surface area contributed by atoms with Crippen molar-refractivity contribution in [3.63, 3.8) is 0 Å². The van der Waals surface area contributed by atoms with Gasteiger partial charge < -0.3 is 23.9 Å². The average molecular weight is 347 g/mol. The van der Waals surface area contributed by atoms with Crippen molar-refractivity contribution in [2.75, 3.05) is 26.9 Å². The Hall–Kier alpha value is -2.54. The minimum absolute atomic E-state index is 0.167. The Balaban J connectivity index is 1.96. The highest BCUT2D eigenvalue weighted by Crippen LogP contribution is 2.30. The molecule has 0 aliphatic carbocycles. The fraction of sp³-hybridized carbons (Fsp3) is 0.444. The maximum atomic E-state index is 13.0. The van der Waals surface area contributed by atoms with Crippen LogP contribution in [0.25, 0.3) is 11.0 Å². The Labute approximate surface area is 145 Å². The van der Waals surface area contributed by atoms with E-state index < -0.39 is 11.9 Å². The molecular formula is C18H21NO6. The average Bonchev–Trinajstić information content (AvgIpc) is 2.96. The predicted octanol–water partition coefficient (Wildman–Crippen LogP) is 2.46. The van der Waals surface area contributed by atoms with Crippen LogP contribution < -0.4 is 4.74 Å². The van der Waals surface area contributed by atoms with Gasteiger partial charge in [0.1, 0.15) is 17.9 Å². The highest BCUT2D eigenvalue weighted by atomic mass is 16.5. The van der Waals surface area contributed by atoms with Crippen molar-refractivity contribution in [3.8, 4) is 5.75 Å². The zero-order valence-electron chi connectivity index (χ0n) is 14.3. The Kier molecular flexibility index (Phi) is 4.94. The molecule has 0 atom stereocenters. The number of hydrogen-bond donors (Lipinski definition) is 1. The van der Waals surface area contributed by atoms with Gasteiger partial charge in [-0.25, -0.2) is 0 Å². The second-order valence-corrected chi connectivity index (χ2v) is 6.09. The zero-order valence-corrected chi connectivity index (χ0v) is 14.3. The van der Waals surface area contributed by atoms with Crippen molar-refractivity contribution < 1.29 is 28.6 Å². The van der Waals surface area contributed by atoms with Crippen molar-refractivity contribution in [2.45, 2.75) is 25.8 Å². The first-order valence-corrected chi connectivity index (χ1v) is 8.19. The first kappa shape index (κ1) is 17.3. The number of hydrogen-bond acceptors (Lipinski definition) is 5. The number of methoxy groups -OCH3 is 1. The van der Waals surface area contributed by atoms with E-state index in [0.29, 0.717) is 43.0 Å². The molecule has 0 unspecified atom stereocenters. The number of fused-ring (bicyclic) bond motifs is 1. The molecule has 1 N–H and O–H groups in total. The summed E-state index contributed by atoms with van der Waals surface area (Å²) < 4.78 is 16.3. The van der Waals surface area contributed by atoms with Gasteiger partial charge in [-0.05, 0) is 38.0 Å². The van der Waals surface area contributed by atoms with Gasteiger partial charge in [0, 0.05) is 30.2 Å². The molecule has 25 heavy (non-hydrogen) atoms. The van der Waals surface area contributed by atoms with E-state index in [1.54, 1.807) is 32.2 Å². The lowest BCUT2D eigenvalue weighted by molar-refractivity contribution is -0.138. The van der Waals surface area contributed by atoms with E-state index >= 15 is 0 Å². The maximum absolute atomic E-state index is 13.0. The summed E-state index contributed by atoms with van der Waals surface area (Å²) in [5.74, 6) is -0.601. The summed E-state index contributed by atoms with van der Waals surface area (Å²) in [7, 11) is 1.57. The number of rotatable bonds is 5. The Morgan fingerprint density at radius 1 is 1.32 bits per heavy atom. The summed E-state index contributed by atoms with van der Waals surface area (Å²) in [5.41, 5.74) is 1.25. The first-order chi connectivity index (χ1) is 12.0. The second-order valence-electron chi connectivity index (χ2n) is 6.09. The molecule has 1 aliphatic rings. The molecule has 1 aliphatic heterocycles. The molecule has 3 rings (SSSR count). The molecule has 1 amide bonds. The number of carbonyl (C=O) groups excluding carboxylic acids is 1. The molecule has 1 saturated heterocycles. The molecule has 134 valence electrons. The lowest BCUT2D eigenvalue weighted by atomic mass is 10.1. The number of aryl methyl sites for hydroxylation is 1. The smallest absolute Gasteiger partial charge is 0.323 e. The summed E-state index contributed by atoms with van der Waals surface area (Å²) >= 11 is 0. The standard InChI is InChI=1S/C18H21NO6/c1-11-14-9-13(23-2)3-4-15(14)25-17(11)18(22)19(10-16(20)21)12-5-7-24-8-6-12/h3-4,9,12H,5-8,10H2,1-2H3,(H,20,21). The van der Waals surface area contributed by atoms with Gasteiger partial charge in [-0.15, -0.1) is 0 Å². The SMILES string of the molecule is COc1ccc2oc(C(=O)N(CC(=O)O)C3CCOCC3)c(C)c2c1. The van der Waals surface area contributed by atoms with E-state index in [2.05, 4.69) is 0 Å². The first-order valence-electron chi connectivity index (χ1n) is 8.19. The van der Waals surface area contributed by atoms with Gasteiger partial charge in [0.2, 0.25) is 0 Å². The van der Waals surface area contributed by atoms with Crippen molar-refractivity contribution >= 4 is 22.8 Å². The van der Waals surface area contributed by atoms with Crippen molar-refractivity contribution in [2.24, 2.45) is 0 Å². The molecule has 0 radical (unpaired) electrons. The van der Waals surface area contributed by atoms with Gasteiger partial charge in [-0.3, -0.25) is 9.59 Å². The largest absolute Gasteiger partial charge is 0.497 e. The molecule has 2 aromatic rings. The van der Waals surface area contributed by atoms with Gasteiger partial charge in [0.05, 0.1) is 7.11 Å². The number of benzene rings is 1. The predicted molar refractivity (Wildman–Crippen MR) is 90.0 cm³/mol.